The third kappa shape index (κ3) is 6.03. The molecule has 0 spiro atoms. The molecule has 2 aliphatic rings. The Kier molecular flexibility index (Phi) is 7.06. The average Bonchev–Trinajstić information content (AvgIpc) is 2.40. The monoisotopic (exact) mass is 445 g/mol. The first-order valence-electron chi connectivity index (χ1n) is 7.61. The normalized spacial score (nSPS) is 26.6. The smallest absolute Gasteiger partial charge is 0.410 e. The van der Waals surface area contributed by atoms with Gasteiger partial charge in [0.2, 0.25) is 0 Å². The van der Waals surface area contributed by atoms with E-state index < -0.39 is 5.60 Å². The Morgan fingerprint density at radius 3 is 2.32 bits per heavy atom. The maximum atomic E-state index is 12.0. The summed E-state index contributed by atoms with van der Waals surface area (Å²) in [6, 6.07) is 0. The zero-order valence-corrected chi connectivity index (χ0v) is 16.2. The molecule has 2 fully saturated rings. The summed E-state index contributed by atoms with van der Waals surface area (Å²) in [6.45, 7) is 7.06. The number of carbonyl (C=O) groups is 1. The molecule has 2 rings (SSSR count). The van der Waals surface area contributed by atoms with Crippen LogP contribution in [0.4, 0.5) is 4.79 Å². The first kappa shape index (κ1) is 18.6. The standard InChI is InChI=1S/C14H24INO5S/c1-14(2,3)19-13(17)16-6-4-10(5-7-16)18-11-8-12(9-11)20-22-21-15/h10-12H,4-9H2,1-3H3/t11-,12+. The van der Waals surface area contributed by atoms with Crippen LogP contribution in [0, 0.1) is 0 Å². The molecule has 0 aromatic heterocycles. The zero-order chi connectivity index (χ0) is 16.2. The number of hydrogen-bond donors (Lipinski definition) is 0. The van der Waals surface area contributed by atoms with Crippen molar-refractivity contribution in [1.29, 1.82) is 0 Å². The van der Waals surface area contributed by atoms with E-state index in [4.69, 9.17) is 16.2 Å². The molecule has 0 N–H and O–H groups in total. The lowest BCUT2D eigenvalue weighted by Gasteiger charge is -2.39. The second-order valence-corrected chi connectivity index (χ2v) is 8.28. The molecule has 0 bridgehead atoms. The van der Waals surface area contributed by atoms with E-state index in [9.17, 15) is 4.79 Å². The van der Waals surface area contributed by atoms with Crippen molar-refractivity contribution in [2.75, 3.05) is 13.1 Å². The van der Waals surface area contributed by atoms with E-state index in [-0.39, 0.29) is 24.4 Å². The number of halogens is 1. The summed E-state index contributed by atoms with van der Waals surface area (Å²) in [5.41, 5.74) is -0.439. The molecule has 1 heterocycles. The highest BCUT2D eigenvalue weighted by Gasteiger charge is 2.35. The maximum Gasteiger partial charge on any atom is 0.410 e. The molecular weight excluding hydrogens is 421 g/mol. The highest BCUT2D eigenvalue weighted by atomic mass is 127. The molecule has 0 atom stereocenters. The van der Waals surface area contributed by atoms with Gasteiger partial charge in [0, 0.05) is 25.9 Å². The molecule has 1 saturated heterocycles. The van der Waals surface area contributed by atoms with Crippen LogP contribution in [0.25, 0.3) is 0 Å². The maximum absolute atomic E-state index is 12.0. The van der Waals surface area contributed by atoms with Crippen LogP contribution in [0.3, 0.4) is 0 Å². The second kappa shape index (κ2) is 8.36. The molecule has 1 aliphatic carbocycles. The van der Waals surface area contributed by atoms with E-state index in [2.05, 4.69) is 0 Å². The van der Waals surface area contributed by atoms with Gasteiger partial charge in [-0.15, -0.1) is 0 Å². The van der Waals surface area contributed by atoms with Crippen molar-refractivity contribution in [3.63, 3.8) is 0 Å². The summed E-state index contributed by atoms with van der Waals surface area (Å²) >= 11 is 2.81. The Labute approximate surface area is 150 Å². The van der Waals surface area contributed by atoms with Crippen LogP contribution in [0.2, 0.25) is 0 Å². The Bertz CT molecular complexity index is 365. The van der Waals surface area contributed by atoms with E-state index in [1.54, 1.807) is 27.9 Å². The summed E-state index contributed by atoms with van der Waals surface area (Å²) in [6.07, 6.45) is 4.08. The molecule has 128 valence electrons. The first-order chi connectivity index (χ1) is 10.4. The van der Waals surface area contributed by atoms with Crippen molar-refractivity contribution in [3.8, 4) is 0 Å². The van der Waals surface area contributed by atoms with Gasteiger partial charge in [-0.25, -0.2) is 7.31 Å². The number of rotatable bonds is 5. The van der Waals surface area contributed by atoms with Gasteiger partial charge in [0.1, 0.15) is 28.6 Å². The number of amides is 1. The van der Waals surface area contributed by atoms with Crippen LogP contribution in [-0.2, 0) is 16.2 Å². The highest BCUT2D eigenvalue weighted by molar-refractivity contribution is 14.1. The third-order valence-electron chi connectivity index (χ3n) is 3.73. The average molecular weight is 445 g/mol. The summed E-state index contributed by atoms with van der Waals surface area (Å²) in [7, 11) is 0. The summed E-state index contributed by atoms with van der Waals surface area (Å²) < 4.78 is 21.6. The Morgan fingerprint density at radius 1 is 1.14 bits per heavy atom. The van der Waals surface area contributed by atoms with Gasteiger partial charge in [-0.05, 0) is 33.6 Å². The predicted molar refractivity (Wildman–Crippen MR) is 92.5 cm³/mol. The van der Waals surface area contributed by atoms with Crippen LogP contribution in [-0.4, -0.2) is 48.0 Å². The zero-order valence-electron chi connectivity index (χ0n) is 13.2. The predicted octanol–water partition coefficient (Wildman–Crippen LogP) is 3.88. The van der Waals surface area contributed by atoms with Gasteiger partial charge in [-0.2, -0.15) is 0 Å². The molecule has 8 heteroatoms. The number of carbonyl (C=O) groups excluding carboxylic acids is 1. The van der Waals surface area contributed by atoms with Gasteiger partial charge in [-0.1, -0.05) is 0 Å². The molecule has 0 aromatic carbocycles. The van der Waals surface area contributed by atoms with E-state index in [1.807, 2.05) is 20.8 Å². The lowest BCUT2D eigenvalue weighted by Crippen LogP contribution is -2.46. The minimum absolute atomic E-state index is 0.223. The minimum atomic E-state index is -0.439. The van der Waals surface area contributed by atoms with Gasteiger partial charge in [0.25, 0.3) is 0 Å². The van der Waals surface area contributed by atoms with Crippen molar-refractivity contribution in [1.82, 2.24) is 4.90 Å². The highest BCUT2D eigenvalue weighted by Crippen LogP contribution is 2.32. The van der Waals surface area contributed by atoms with E-state index in [0.717, 1.165) is 38.0 Å². The fourth-order valence-corrected chi connectivity index (χ4v) is 3.10. The van der Waals surface area contributed by atoms with Crippen LogP contribution in [0.5, 0.6) is 0 Å². The van der Waals surface area contributed by atoms with Crippen molar-refractivity contribution in [2.24, 2.45) is 0 Å². The molecule has 6 nitrogen and oxygen atoms in total. The molecule has 0 aromatic rings. The summed E-state index contributed by atoms with van der Waals surface area (Å²) in [5.74, 6) is 0. The van der Waals surface area contributed by atoms with E-state index in [0.29, 0.717) is 13.1 Å². The number of likely N-dealkylation sites (tertiary alicyclic amines) is 1. The Hall–Kier alpha value is 0.230. The summed E-state index contributed by atoms with van der Waals surface area (Å²) in [5, 5.41) is 0. The second-order valence-electron chi connectivity index (χ2n) is 6.75. The fourth-order valence-electron chi connectivity index (χ4n) is 2.55. The Morgan fingerprint density at radius 2 is 1.77 bits per heavy atom. The lowest BCUT2D eigenvalue weighted by atomic mass is 9.91. The molecule has 22 heavy (non-hydrogen) atoms. The van der Waals surface area contributed by atoms with Crippen molar-refractivity contribution < 1.29 is 21.0 Å². The van der Waals surface area contributed by atoms with E-state index >= 15 is 0 Å². The van der Waals surface area contributed by atoms with Crippen LogP contribution in [0.15, 0.2) is 0 Å². The van der Waals surface area contributed by atoms with Gasteiger partial charge in [0.05, 0.1) is 18.3 Å². The van der Waals surface area contributed by atoms with Crippen LogP contribution in [0.1, 0.15) is 46.5 Å². The largest absolute Gasteiger partial charge is 0.444 e. The Balaban J connectivity index is 1.61. The SMILES string of the molecule is CC(C)(C)OC(=O)N1CCC(O[C@H]2C[C@@H](OSOI)C2)CC1. The van der Waals surface area contributed by atoms with Crippen molar-refractivity contribution >= 4 is 41.4 Å². The van der Waals surface area contributed by atoms with Crippen molar-refractivity contribution in [3.05, 3.63) is 0 Å². The lowest BCUT2D eigenvalue weighted by molar-refractivity contribution is -0.107. The number of nitrogens with zero attached hydrogens (tertiary/aromatic N) is 1. The molecule has 1 amide bonds. The first-order valence-corrected chi connectivity index (χ1v) is 9.16. The topological polar surface area (TPSA) is 57.2 Å². The van der Waals surface area contributed by atoms with Gasteiger partial charge in [0.15, 0.2) is 12.3 Å². The molecule has 1 aliphatic heterocycles. The quantitative estimate of drug-likeness (QED) is 0.473. The van der Waals surface area contributed by atoms with Gasteiger partial charge >= 0.3 is 6.09 Å². The minimum Gasteiger partial charge on any atom is -0.444 e. The number of piperidine rings is 1. The van der Waals surface area contributed by atoms with Crippen LogP contribution >= 0.6 is 35.3 Å². The number of hydrogen-bond acceptors (Lipinski definition) is 6. The van der Waals surface area contributed by atoms with E-state index in [1.165, 1.54) is 0 Å². The molecule has 1 saturated carbocycles. The van der Waals surface area contributed by atoms with Gasteiger partial charge in [-0.3, -0.25) is 4.18 Å². The van der Waals surface area contributed by atoms with Crippen molar-refractivity contribution in [2.45, 2.75) is 70.4 Å². The number of ether oxygens (including phenoxy) is 2. The van der Waals surface area contributed by atoms with Crippen LogP contribution < -0.4 is 0 Å². The molecule has 0 unspecified atom stereocenters. The van der Waals surface area contributed by atoms with Gasteiger partial charge < -0.3 is 14.4 Å². The molecule has 0 radical (unpaired) electrons. The summed E-state index contributed by atoms with van der Waals surface area (Å²) in [4.78, 5) is 13.8. The molecular formula is C14H24INO5S. The third-order valence-corrected chi connectivity index (χ3v) is 4.57. The fraction of sp³-hybridized carbons (Fsp3) is 0.929.